The molecule has 0 saturated carbocycles. The van der Waals surface area contributed by atoms with Crippen LogP contribution < -0.4 is 0 Å². The minimum atomic E-state index is -3.70. The summed E-state index contributed by atoms with van der Waals surface area (Å²) in [6, 6.07) is 0. The number of rotatable bonds is 8. The Morgan fingerprint density at radius 2 is 1.79 bits per heavy atom. The predicted octanol–water partition coefficient (Wildman–Crippen LogP) is -0.139. The molecular formula is C9H17BrN4O4S. The Morgan fingerprint density at radius 3 is 2.16 bits per heavy atom. The van der Waals surface area contributed by atoms with Crippen molar-refractivity contribution in [3.63, 3.8) is 0 Å². The second kappa shape index (κ2) is 7.29. The molecular weight excluding hydrogens is 340 g/mol. The summed E-state index contributed by atoms with van der Waals surface area (Å²) in [7, 11) is 0.857. The third-order valence-corrected chi connectivity index (χ3v) is 5.20. The van der Waals surface area contributed by atoms with Crippen molar-refractivity contribution in [1.82, 2.24) is 19.3 Å². The van der Waals surface area contributed by atoms with E-state index in [1.54, 1.807) is 0 Å². The fourth-order valence-electron chi connectivity index (χ4n) is 1.46. The van der Waals surface area contributed by atoms with Gasteiger partial charge < -0.3 is 9.47 Å². The molecule has 0 aliphatic heterocycles. The molecule has 1 rings (SSSR count). The van der Waals surface area contributed by atoms with Gasteiger partial charge in [0.2, 0.25) is 5.03 Å². The summed E-state index contributed by atoms with van der Waals surface area (Å²) >= 11 is 3.09. The molecule has 0 N–H and O–H groups in total. The number of nitrogens with zero attached hydrogens (tertiary/aromatic N) is 4. The number of halogens is 1. The predicted molar refractivity (Wildman–Crippen MR) is 71.2 cm³/mol. The fourth-order valence-corrected chi connectivity index (χ4v) is 3.90. The van der Waals surface area contributed by atoms with E-state index in [-0.39, 0.29) is 22.7 Å². The lowest BCUT2D eigenvalue weighted by atomic mass is 10.6. The Morgan fingerprint density at radius 1 is 1.26 bits per heavy atom. The highest BCUT2D eigenvalue weighted by molar-refractivity contribution is 9.10. The van der Waals surface area contributed by atoms with E-state index in [0.29, 0.717) is 13.2 Å². The molecule has 19 heavy (non-hydrogen) atoms. The smallest absolute Gasteiger partial charge is 0.263 e. The number of sulfonamides is 1. The normalized spacial score (nSPS) is 12.3. The fraction of sp³-hybridized carbons (Fsp3) is 0.778. The largest absolute Gasteiger partial charge is 0.383 e. The molecule has 0 spiro atoms. The Balaban J connectivity index is 3.04. The van der Waals surface area contributed by atoms with E-state index in [2.05, 4.69) is 26.2 Å². The third kappa shape index (κ3) is 3.96. The molecule has 1 aromatic rings. The average molecular weight is 357 g/mol. The van der Waals surface area contributed by atoms with Crippen LogP contribution in [0.3, 0.4) is 0 Å². The highest BCUT2D eigenvalue weighted by Crippen LogP contribution is 2.21. The van der Waals surface area contributed by atoms with Gasteiger partial charge in [0.1, 0.15) is 0 Å². The topological polar surface area (TPSA) is 86.6 Å². The minimum absolute atomic E-state index is 0.0136. The molecule has 110 valence electrons. The number of methoxy groups -OCH3 is 2. The molecule has 0 radical (unpaired) electrons. The molecule has 1 aromatic heterocycles. The van der Waals surface area contributed by atoms with Gasteiger partial charge >= 0.3 is 0 Å². The summed E-state index contributed by atoms with van der Waals surface area (Å²) in [6.45, 7) is 1.07. The number of hydrogen-bond acceptors (Lipinski definition) is 6. The maximum absolute atomic E-state index is 12.5. The van der Waals surface area contributed by atoms with E-state index in [4.69, 9.17) is 9.47 Å². The van der Waals surface area contributed by atoms with Crippen molar-refractivity contribution in [3.05, 3.63) is 4.60 Å². The van der Waals surface area contributed by atoms with Gasteiger partial charge in [0.05, 0.1) is 13.2 Å². The number of aryl methyl sites for hydroxylation is 1. The first kappa shape index (κ1) is 16.5. The Kier molecular flexibility index (Phi) is 6.33. The van der Waals surface area contributed by atoms with Crippen molar-refractivity contribution in [1.29, 1.82) is 0 Å². The van der Waals surface area contributed by atoms with Crippen molar-refractivity contribution in [3.8, 4) is 0 Å². The van der Waals surface area contributed by atoms with Crippen LogP contribution in [0.25, 0.3) is 0 Å². The van der Waals surface area contributed by atoms with Crippen molar-refractivity contribution < 1.29 is 17.9 Å². The molecule has 0 aliphatic rings. The molecule has 1 heterocycles. The van der Waals surface area contributed by atoms with Crippen LogP contribution in [0.1, 0.15) is 0 Å². The summed E-state index contributed by atoms with van der Waals surface area (Å²) < 4.78 is 37.6. The average Bonchev–Trinajstić information content (AvgIpc) is 2.69. The lowest BCUT2D eigenvalue weighted by Crippen LogP contribution is -2.37. The highest BCUT2D eigenvalue weighted by atomic mass is 79.9. The van der Waals surface area contributed by atoms with Gasteiger partial charge in [-0.05, 0) is 15.9 Å². The minimum Gasteiger partial charge on any atom is -0.383 e. The van der Waals surface area contributed by atoms with Crippen LogP contribution in [0.4, 0.5) is 0 Å². The van der Waals surface area contributed by atoms with E-state index < -0.39 is 10.0 Å². The lowest BCUT2D eigenvalue weighted by molar-refractivity contribution is 0.150. The zero-order valence-electron chi connectivity index (χ0n) is 11.0. The van der Waals surface area contributed by atoms with Gasteiger partial charge in [0.25, 0.3) is 10.0 Å². The van der Waals surface area contributed by atoms with Crippen molar-refractivity contribution >= 4 is 26.0 Å². The zero-order valence-corrected chi connectivity index (χ0v) is 13.4. The maximum Gasteiger partial charge on any atom is 0.263 e. The summed E-state index contributed by atoms with van der Waals surface area (Å²) in [5.74, 6) is 0. The van der Waals surface area contributed by atoms with Crippen LogP contribution in [0, 0.1) is 0 Å². The zero-order chi connectivity index (χ0) is 14.5. The molecule has 0 aliphatic carbocycles. The first-order chi connectivity index (χ1) is 8.95. The molecule has 0 saturated heterocycles. The molecule has 8 nitrogen and oxygen atoms in total. The SMILES string of the molecule is COCCN(CCOC)S(=O)(=O)c1c(Br)nnn1C. The molecule has 0 amide bonds. The van der Waals surface area contributed by atoms with Gasteiger partial charge in [-0.25, -0.2) is 13.1 Å². The van der Waals surface area contributed by atoms with Gasteiger partial charge in [-0.1, -0.05) is 5.21 Å². The molecule has 0 atom stereocenters. The molecule has 0 fully saturated rings. The van der Waals surface area contributed by atoms with E-state index in [1.807, 2.05) is 0 Å². The van der Waals surface area contributed by atoms with Gasteiger partial charge in [0, 0.05) is 34.4 Å². The molecule has 0 aromatic carbocycles. The van der Waals surface area contributed by atoms with E-state index in [9.17, 15) is 8.42 Å². The second-order valence-corrected chi connectivity index (χ2v) is 6.30. The van der Waals surface area contributed by atoms with Gasteiger partial charge in [0.15, 0.2) is 4.60 Å². The van der Waals surface area contributed by atoms with Gasteiger partial charge in [-0.15, -0.1) is 5.10 Å². The number of aromatic nitrogens is 3. The van der Waals surface area contributed by atoms with Crippen LogP contribution in [-0.2, 0) is 26.5 Å². The van der Waals surface area contributed by atoms with Crippen LogP contribution in [0.15, 0.2) is 9.63 Å². The second-order valence-electron chi connectivity index (χ2n) is 3.70. The maximum atomic E-state index is 12.5. The summed E-state index contributed by atoms with van der Waals surface area (Å²) in [5.41, 5.74) is 0. The third-order valence-electron chi connectivity index (χ3n) is 2.41. The molecule has 0 bridgehead atoms. The van der Waals surface area contributed by atoms with Crippen LogP contribution in [0.2, 0.25) is 0 Å². The Bertz CT molecular complexity index is 477. The van der Waals surface area contributed by atoms with E-state index in [1.165, 1.54) is 30.3 Å². The Hall–Kier alpha value is -0.550. The lowest BCUT2D eigenvalue weighted by Gasteiger charge is -2.21. The van der Waals surface area contributed by atoms with Gasteiger partial charge in [-0.2, -0.15) is 4.31 Å². The highest BCUT2D eigenvalue weighted by Gasteiger charge is 2.30. The summed E-state index contributed by atoms with van der Waals surface area (Å²) in [6.07, 6.45) is 0. The number of ether oxygens (including phenoxy) is 2. The van der Waals surface area contributed by atoms with E-state index >= 15 is 0 Å². The van der Waals surface area contributed by atoms with Crippen molar-refractivity contribution in [2.24, 2.45) is 7.05 Å². The number of hydrogen-bond donors (Lipinski definition) is 0. The van der Waals surface area contributed by atoms with Crippen LogP contribution >= 0.6 is 15.9 Å². The summed E-state index contributed by atoms with van der Waals surface area (Å²) in [4.78, 5) is 0. The van der Waals surface area contributed by atoms with Crippen molar-refractivity contribution in [2.75, 3.05) is 40.5 Å². The Labute approximate surface area is 120 Å². The van der Waals surface area contributed by atoms with Crippen LogP contribution in [0.5, 0.6) is 0 Å². The first-order valence-corrected chi connectivity index (χ1v) is 7.71. The quantitative estimate of drug-likeness (QED) is 0.644. The van der Waals surface area contributed by atoms with E-state index in [0.717, 1.165) is 0 Å². The van der Waals surface area contributed by atoms with Crippen molar-refractivity contribution in [2.45, 2.75) is 5.03 Å². The standard InChI is InChI=1S/C9H17BrN4O4S/c1-13-9(8(10)11-12-13)19(15,16)14(4-6-17-2)5-7-18-3/h4-7H2,1-3H3. The van der Waals surface area contributed by atoms with Crippen LogP contribution in [-0.4, -0.2) is 68.2 Å². The first-order valence-electron chi connectivity index (χ1n) is 5.48. The molecule has 10 heteroatoms. The van der Waals surface area contributed by atoms with Gasteiger partial charge in [-0.3, -0.25) is 0 Å². The summed E-state index contributed by atoms with van der Waals surface area (Å²) in [5, 5.41) is 7.38. The monoisotopic (exact) mass is 356 g/mol. The molecule has 0 unspecified atom stereocenters.